The van der Waals surface area contributed by atoms with Crippen molar-refractivity contribution in [3.8, 4) is 0 Å². The Balaban J connectivity index is 2.47. The average molecular weight is 265 g/mol. The first kappa shape index (κ1) is 15.8. The normalized spacial score (nSPS) is 13.3. The van der Waals surface area contributed by atoms with Crippen molar-refractivity contribution in [2.75, 3.05) is 0 Å². The molecule has 4 nitrogen and oxygen atoms in total. The van der Waals surface area contributed by atoms with Crippen LogP contribution in [0.4, 0.5) is 0 Å². The summed E-state index contributed by atoms with van der Waals surface area (Å²) in [5.41, 5.74) is 1.03. The van der Waals surface area contributed by atoms with Gasteiger partial charge in [0.25, 0.3) is 0 Å². The first-order chi connectivity index (χ1) is 8.83. The highest BCUT2D eigenvalue weighted by Crippen LogP contribution is 2.04. The van der Waals surface area contributed by atoms with E-state index in [2.05, 4.69) is 34.4 Å². The fourth-order valence-corrected chi connectivity index (χ4v) is 1.90. The molecule has 0 spiro atoms. The Kier molecular flexibility index (Phi) is 5.60. The van der Waals surface area contributed by atoms with Crippen LogP contribution in [0.3, 0.4) is 0 Å². The third-order valence-electron chi connectivity index (χ3n) is 2.87. The molecule has 108 valence electrons. The van der Waals surface area contributed by atoms with Crippen molar-refractivity contribution in [1.82, 2.24) is 15.2 Å². The van der Waals surface area contributed by atoms with Crippen LogP contribution in [0.2, 0.25) is 0 Å². The zero-order valence-electron chi connectivity index (χ0n) is 12.8. The lowest BCUT2D eigenvalue weighted by Gasteiger charge is -2.23. The zero-order chi connectivity index (χ0) is 14.5. The number of hydrogen-bond acceptors (Lipinski definition) is 2. The molecule has 19 heavy (non-hydrogen) atoms. The topological polar surface area (TPSA) is 46.1 Å². The molecule has 0 radical (unpaired) electrons. The van der Waals surface area contributed by atoms with Gasteiger partial charge in [0.15, 0.2) is 0 Å². The smallest absolute Gasteiger partial charge is 0.237 e. The maximum Gasteiger partial charge on any atom is 0.237 e. The van der Waals surface area contributed by atoms with Crippen molar-refractivity contribution in [3.05, 3.63) is 24.0 Å². The van der Waals surface area contributed by atoms with E-state index in [-0.39, 0.29) is 17.5 Å². The summed E-state index contributed by atoms with van der Waals surface area (Å²) in [4.78, 5) is 11.9. The number of hydrogen-bond donors (Lipinski definition) is 2. The molecular formula is C15H27N3O. The SMILES string of the molecule is CCCn1cccc1CNC(C)C(=O)NC(C)(C)C. The molecule has 0 aromatic carbocycles. The van der Waals surface area contributed by atoms with Gasteiger partial charge in [-0.15, -0.1) is 0 Å². The molecule has 0 aliphatic rings. The summed E-state index contributed by atoms with van der Waals surface area (Å²) in [5, 5.41) is 6.25. The van der Waals surface area contributed by atoms with Crippen LogP contribution >= 0.6 is 0 Å². The van der Waals surface area contributed by atoms with Crippen LogP contribution in [0.5, 0.6) is 0 Å². The molecule has 0 aliphatic heterocycles. The summed E-state index contributed by atoms with van der Waals surface area (Å²) < 4.78 is 2.22. The van der Waals surface area contributed by atoms with E-state index in [9.17, 15) is 4.79 Å². The van der Waals surface area contributed by atoms with Gasteiger partial charge in [0.1, 0.15) is 0 Å². The Hall–Kier alpha value is -1.29. The van der Waals surface area contributed by atoms with Gasteiger partial charge in [-0.3, -0.25) is 4.79 Å². The number of rotatable bonds is 6. The van der Waals surface area contributed by atoms with E-state index in [0.29, 0.717) is 6.54 Å². The van der Waals surface area contributed by atoms with E-state index in [0.717, 1.165) is 13.0 Å². The molecule has 4 heteroatoms. The highest BCUT2D eigenvalue weighted by Gasteiger charge is 2.18. The van der Waals surface area contributed by atoms with Crippen molar-refractivity contribution in [3.63, 3.8) is 0 Å². The largest absolute Gasteiger partial charge is 0.350 e. The van der Waals surface area contributed by atoms with Gasteiger partial charge in [0.05, 0.1) is 6.04 Å². The standard InChI is InChI=1S/C15H27N3O/c1-6-9-18-10-7-8-13(18)11-16-12(2)14(19)17-15(3,4)5/h7-8,10,12,16H,6,9,11H2,1-5H3,(H,17,19). The van der Waals surface area contributed by atoms with E-state index in [4.69, 9.17) is 0 Å². The van der Waals surface area contributed by atoms with Gasteiger partial charge < -0.3 is 15.2 Å². The van der Waals surface area contributed by atoms with Gasteiger partial charge in [-0.05, 0) is 46.2 Å². The van der Waals surface area contributed by atoms with Gasteiger partial charge in [-0.2, -0.15) is 0 Å². The predicted octanol–water partition coefficient (Wildman–Crippen LogP) is 2.29. The maximum atomic E-state index is 11.9. The molecule has 0 saturated carbocycles. The van der Waals surface area contributed by atoms with Gasteiger partial charge >= 0.3 is 0 Å². The second-order valence-corrected chi connectivity index (χ2v) is 6.03. The number of amides is 1. The van der Waals surface area contributed by atoms with Crippen LogP contribution in [0.1, 0.15) is 46.7 Å². The second-order valence-electron chi connectivity index (χ2n) is 6.03. The second kappa shape index (κ2) is 6.75. The van der Waals surface area contributed by atoms with Crippen molar-refractivity contribution in [2.24, 2.45) is 0 Å². The van der Waals surface area contributed by atoms with Crippen molar-refractivity contribution >= 4 is 5.91 Å². The average Bonchev–Trinajstić information content (AvgIpc) is 2.71. The lowest BCUT2D eigenvalue weighted by Crippen LogP contribution is -2.49. The Bertz CT molecular complexity index is 404. The molecule has 0 saturated heterocycles. The fraction of sp³-hybridized carbons (Fsp3) is 0.667. The highest BCUT2D eigenvalue weighted by molar-refractivity contribution is 5.81. The quantitative estimate of drug-likeness (QED) is 0.829. The number of nitrogens with zero attached hydrogens (tertiary/aromatic N) is 1. The monoisotopic (exact) mass is 265 g/mol. The molecule has 1 heterocycles. The van der Waals surface area contributed by atoms with Gasteiger partial charge in [0, 0.05) is 30.5 Å². The molecular weight excluding hydrogens is 238 g/mol. The Morgan fingerprint density at radius 1 is 1.42 bits per heavy atom. The first-order valence-corrected chi connectivity index (χ1v) is 7.03. The molecule has 1 atom stereocenters. The number of carbonyl (C=O) groups excluding carboxylic acids is 1. The Labute approximate surface area is 116 Å². The van der Waals surface area contributed by atoms with Crippen LogP contribution in [-0.4, -0.2) is 22.1 Å². The molecule has 0 bridgehead atoms. The summed E-state index contributed by atoms with van der Waals surface area (Å²) in [6, 6.07) is 3.95. The van der Waals surface area contributed by atoms with Gasteiger partial charge in [-0.25, -0.2) is 0 Å². The van der Waals surface area contributed by atoms with E-state index >= 15 is 0 Å². The molecule has 1 aromatic heterocycles. The minimum atomic E-state index is -0.191. The van der Waals surface area contributed by atoms with E-state index in [1.165, 1.54) is 5.69 Å². The molecule has 1 aromatic rings. The van der Waals surface area contributed by atoms with Crippen LogP contribution in [-0.2, 0) is 17.9 Å². The number of aromatic nitrogens is 1. The van der Waals surface area contributed by atoms with E-state index in [1.807, 2.05) is 33.8 Å². The minimum absolute atomic E-state index is 0.0427. The highest BCUT2D eigenvalue weighted by atomic mass is 16.2. The number of aryl methyl sites for hydroxylation is 1. The molecule has 1 amide bonds. The summed E-state index contributed by atoms with van der Waals surface area (Å²) in [6.07, 6.45) is 3.20. The van der Waals surface area contributed by atoms with Crippen LogP contribution < -0.4 is 10.6 Å². The fourth-order valence-electron chi connectivity index (χ4n) is 1.90. The van der Waals surface area contributed by atoms with Crippen molar-refractivity contribution < 1.29 is 4.79 Å². The molecule has 1 unspecified atom stereocenters. The lowest BCUT2D eigenvalue weighted by atomic mass is 10.1. The van der Waals surface area contributed by atoms with Crippen LogP contribution in [0, 0.1) is 0 Å². The summed E-state index contributed by atoms with van der Waals surface area (Å²) in [7, 11) is 0. The predicted molar refractivity (Wildman–Crippen MR) is 78.9 cm³/mol. The Morgan fingerprint density at radius 2 is 2.11 bits per heavy atom. The lowest BCUT2D eigenvalue weighted by molar-refractivity contribution is -0.124. The first-order valence-electron chi connectivity index (χ1n) is 7.03. The van der Waals surface area contributed by atoms with Crippen molar-refractivity contribution in [2.45, 2.75) is 65.7 Å². The maximum absolute atomic E-state index is 11.9. The van der Waals surface area contributed by atoms with Gasteiger partial charge in [-0.1, -0.05) is 6.92 Å². The van der Waals surface area contributed by atoms with Crippen LogP contribution in [0.15, 0.2) is 18.3 Å². The zero-order valence-corrected chi connectivity index (χ0v) is 12.8. The van der Waals surface area contributed by atoms with E-state index in [1.54, 1.807) is 0 Å². The summed E-state index contributed by atoms with van der Waals surface area (Å²) in [6.45, 7) is 11.8. The molecule has 2 N–H and O–H groups in total. The van der Waals surface area contributed by atoms with Crippen molar-refractivity contribution in [1.29, 1.82) is 0 Å². The third-order valence-corrected chi connectivity index (χ3v) is 2.87. The van der Waals surface area contributed by atoms with Gasteiger partial charge in [0.2, 0.25) is 5.91 Å². The third kappa shape index (κ3) is 5.47. The molecule has 0 fully saturated rings. The number of carbonyl (C=O) groups is 1. The Morgan fingerprint density at radius 3 is 2.68 bits per heavy atom. The molecule has 0 aliphatic carbocycles. The number of nitrogens with one attached hydrogen (secondary N) is 2. The summed E-state index contributed by atoms with van der Waals surface area (Å²) in [5.74, 6) is 0.0427. The summed E-state index contributed by atoms with van der Waals surface area (Å²) >= 11 is 0. The van der Waals surface area contributed by atoms with Crippen LogP contribution in [0.25, 0.3) is 0 Å². The van der Waals surface area contributed by atoms with E-state index < -0.39 is 0 Å². The molecule has 1 rings (SSSR count). The minimum Gasteiger partial charge on any atom is -0.350 e.